The van der Waals surface area contributed by atoms with Crippen LogP contribution in [0.15, 0.2) is 30.3 Å². The lowest BCUT2D eigenvalue weighted by Crippen LogP contribution is -2.12. The number of carbonyl (C=O) groups excluding carboxylic acids is 1. The average molecular weight is 259 g/mol. The molecule has 0 fully saturated rings. The Bertz CT molecular complexity index is 620. The lowest BCUT2D eigenvalue weighted by atomic mass is 10.0. The largest absolute Gasteiger partial charge is 0.495 e. The van der Waals surface area contributed by atoms with E-state index in [0.29, 0.717) is 11.3 Å². The summed E-state index contributed by atoms with van der Waals surface area (Å²) in [4.78, 5) is 13.9. The van der Waals surface area contributed by atoms with Gasteiger partial charge < -0.3 is 14.4 Å². The topological polar surface area (TPSA) is 38.8 Å². The molecule has 0 spiro atoms. The predicted octanol–water partition coefficient (Wildman–Crippen LogP) is 2.70. The van der Waals surface area contributed by atoms with Crippen molar-refractivity contribution in [2.45, 2.75) is 0 Å². The second kappa shape index (κ2) is 5.18. The minimum absolute atomic E-state index is 0.397. The van der Waals surface area contributed by atoms with Crippen molar-refractivity contribution in [2.75, 3.05) is 33.2 Å². The van der Waals surface area contributed by atoms with Gasteiger partial charge in [-0.3, -0.25) is 0 Å². The van der Waals surface area contributed by atoms with Crippen molar-refractivity contribution in [3.63, 3.8) is 0 Å². The molecule has 2 aromatic rings. The molecular formula is C15H17NO3. The van der Waals surface area contributed by atoms with E-state index < -0.39 is 5.97 Å². The molecule has 0 saturated carbocycles. The van der Waals surface area contributed by atoms with Crippen LogP contribution >= 0.6 is 0 Å². The van der Waals surface area contributed by atoms with Gasteiger partial charge in [-0.05, 0) is 6.07 Å². The second-order valence-electron chi connectivity index (χ2n) is 4.41. The number of hydrogen-bond acceptors (Lipinski definition) is 4. The monoisotopic (exact) mass is 259 g/mol. The Balaban J connectivity index is 2.86. The van der Waals surface area contributed by atoms with Crippen molar-refractivity contribution in [1.82, 2.24) is 0 Å². The van der Waals surface area contributed by atoms with Gasteiger partial charge in [-0.15, -0.1) is 0 Å². The fourth-order valence-electron chi connectivity index (χ4n) is 2.18. The summed E-state index contributed by atoms with van der Waals surface area (Å²) >= 11 is 0. The van der Waals surface area contributed by atoms with Crippen LogP contribution in [-0.4, -0.2) is 34.3 Å². The maximum atomic E-state index is 11.9. The summed E-state index contributed by atoms with van der Waals surface area (Å²) in [7, 11) is 6.81. The minimum Gasteiger partial charge on any atom is -0.495 e. The van der Waals surface area contributed by atoms with Gasteiger partial charge in [0.25, 0.3) is 0 Å². The maximum absolute atomic E-state index is 11.9. The number of methoxy groups -OCH3 is 2. The third kappa shape index (κ3) is 2.21. The molecule has 0 aliphatic rings. The summed E-state index contributed by atoms with van der Waals surface area (Å²) in [5.41, 5.74) is 1.39. The summed E-state index contributed by atoms with van der Waals surface area (Å²) in [6.45, 7) is 0. The molecule has 0 aliphatic heterocycles. The van der Waals surface area contributed by atoms with Gasteiger partial charge in [0.2, 0.25) is 0 Å². The molecule has 0 aliphatic carbocycles. The number of carbonyl (C=O) groups is 1. The highest BCUT2D eigenvalue weighted by Gasteiger charge is 2.19. The normalized spacial score (nSPS) is 10.3. The minimum atomic E-state index is -0.397. The van der Waals surface area contributed by atoms with Crippen LogP contribution in [0.5, 0.6) is 5.75 Å². The van der Waals surface area contributed by atoms with E-state index in [4.69, 9.17) is 9.47 Å². The SMILES string of the molecule is COC(=O)c1cc(N(C)C)c2ccccc2c1OC. The fourth-order valence-corrected chi connectivity index (χ4v) is 2.18. The predicted molar refractivity (Wildman–Crippen MR) is 76.2 cm³/mol. The van der Waals surface area contributed by atoms with Crippen LogP contribution in [0.1, 0.15) is 10.4 Å². The molecular weight excluding hydrogens is 242 g/mol. The zero-order valence-corrected chi connectivity index (χ0v) is 11.6. The van der Waals surface area contributed by atoms with Crippen LogP contribution in [0, 0.1) is 0 Å². The first kappa shape index (κ1) is 13.2. The van der Waals surface area contributed by atoms with Gasteiger partial charge in [-0.1, -0.05) is 24.3 Å². The number of fused-ring (bicyclic) bond motifs is 1. The van der Waals surface area contributed by atoms with Gasteiger partial charge in [0.05, 0.1) is 14.2 Å². The molecule has 0 aromatic heterocycles. The van der Waals surface area contributed by atoms with Crippen LogP contribution < -0.4 is 9.64 Å². The first-order valence-electron chi connectivity index (χ1n) is 5.95. The van der Waals surface area contributed by atoms with E-state index in [1.165, 1.54) is 7.11 Å². The number of ether oxygens (including phenoxy) is 2. The molecule has 0 heterocycles. The first-order valence-corrected chi connectivity index (χ1v) is 5.95. The number of rotatable bonds is 3. The van der Waals surface area contributed by atoms with Crippen molar-refractivity contribution >= 4 is 22.4 Å². The molecule has 0 amide bonds. The van der Waals surface area contributed by atoms with Crippen molar-refractivity contribution in [2.24, 2.45) is 0 Å². The second-order valence-corrected chi connectivity index (χ2v) is 4.41. The molecule has 4 heteroatoms. The number of nitrogens with zero attached hydrogens (tertiary/aromatic N) is 1. The van der Waals surface area contributed by atoms with E-state index in [1.807, 2.05) is 43.3 Å². The Kier molecular flexibility index (Phi) is 3.60. The zero-order chi connectivity index (χ0) is 14.0. The molecule has 0 atom stereocenters. The Hall–Kier alpha value is -2.23. The summed E-state index contributed by atoms with van der Waals surface area (Å²) in [5.74, 6) is 0.152. The highest BCUT2D eigenvalue weighted by Crippen LogP contribution is 2.36. The summed E-state index contributed by atoms with van der Waals surface area (Å²) < 4.78 is 10.2. The lowest BCUT2D eigenvalue weighted by molar-refractivity contribution is 0.0597. The Morgan fingerprint density at radius 3 is 2.26 bits per heavy atom. The highest BCUT2D eigenvalue weighted by atomic mass is 16.5. The fraction of sp³-hybridized carbons (Fsp3) is 0.267. The van der Waals surface area contributed by atoms with E-state index in [9.17, 15) is 4.79 Å². The summed E-state index contributed by atoms with van der Waals surface area (Å²) in [6.07, 6.45) is 0. The summed E-state index contributed by atoms with van der Waals surface area (Å²) in [5, 5.41) is 1.94. The Morgan fingerprint density at radius 2 is 1.74 bits per heavy atom. The van der Waals surface area contributed by atoms with E-state index in [-0.39, 0.29) is 0 Å². The molecule has 0 N–H and O–H groups in total. The van der Waals surface area contributed by atoms with Crippen LogP contribution in [0.4, 0.5) is 5.69 Å². The molecule has 19 heavy (non-hydrogen) atoms. The average Bonchev–Trinajstić information content (AvgIpc) is 2.44. The molecule has 0 saturated heterocycles. The third-order valence-electron chi connectivity index (χ3n) is 3.06. The lowest BCUT2D eigenvalue weighted by Gasteiger charge is -2.19. The maximum Gasteiger partial charge on any atom is 0.341 e. The summed E-state index contributed by atoms with van der Waals surface area (Å²) in [6, 6.07) is 9.63. The van der Waals surface area contributed by atoms with E-state index in [2.05, 4.69) is 0 Å². The van der Waals surface area contributed by atoms with Gasteiger partial charge >= 0.3 is 5.97 Å². The van der Waals surface area contributed by atoms with Crippen LogP contribution in [0.2, 0.25) is 0 Å². The molecule has 0 radical (unpaired) electrons. The Morgan fingerprint density at radius 1 is 1.11 bits per heavy atom. The van der Waals surface area contributed by atoms with Crippen LogP contribution in [-0.2, 0) is 4.74 Å². The molecule has 2 aromatic carbocycles. The quantitative estimate of drug-likeness (QED) is 0.794. The number of hydrogen-bond donors (Lipinski definition) is 0. The smallest absolute Gasteiger partial charge is 0.341 e. The number of esters is 1. The zero-order valence-electron chi connectivity index (χ0n) is 11.6. The van der Waals surface area contributed by atoms with E-state index in [0.717, 1.165) is 16.5 Å². The molecule has 0 bridgehead atoms. The third-order valence-corrected chi connectivity index (χ3v) is 3.06. The van der Waals surface area contributed by atoms with Gasteiger partial charge in [0.1, 0.15) is 11.3 Å². The standard InChI is InChI=1S/C15H17NO3/c1-16(2)13-9-12(15(17)19-4)14(18-3)11-8-6-5-7-10(11)13/h5-9H,1-4H3. The van der Waals surface area contributed by atoms with Gasteiger partial charge in [0.15, 0.2) is 0 Å². The van der Waals surface area contributed by atoms with Crippen molar-refractivity contribution in [1.29, 1.82) is 0 Å². The van der Waals surface area contributed by atoms with Crippen molar-refractivity contribution in [3.05, 3.63) is 35.9 Å². The van der Waals surface area contributed by atoms with E-state index in [1.54, 1.807) is 13.2 Å². The van der Waals surface area contributed by atoms with E-state index >= 15 is 0 Å². The highest BCUT2D eigenvalue weighted by molar-refractivity contribution is 6.06. The molecule has 100 valence electrons. The van der Waals surface area contributed by atoms with Crippen molar-refractivity contribution in [3.8, 4) is 5.75 Å². The van der Waals surface area contributed by atoms with Gasteiger partial charge in [0, 0.05) is 30.6 Å². The van der Waals surface area contributed by atoms with Crippen LogP contribution in [0.25, 0.3) is 10.8 Å². The van der Waals surface area contributed by atoms with Crippen LogP contribution in [0.3, 0.4) is 0 Å². The van der Waals surface area contributed by atoms with Gasteiger partial charge in [-0.2, -0.15) is 0 Å². The Labute approximate surface area is 112 Å². The number of benzene rings is 2. The molecule has 0 unspecified atom stereocenters. The molecule has 2 rings (SSSR count). The first-order chi connectivity index (χ1) is 9.10. The number of anilines is 1. The molecule has 4 nitrogen and oxygen atoms in total. The van der Waals surface area contributed by atoms with Gasteiger partial charge in [-0.25, -0.2) is 4.79 Å². The van der Waals surface area contributed by atoms with Crippen molar-refractivity contribution < 1.29 is 14.3 Å².